The Morgan fingerprint density at radius 2 is 2.19 bits per heavy atom. The molecule has 2 heterocycles. The molecule has 0 atom stereocenters. The van der Waals surface area contributed by atoms with Crippen molar-refractivity contribution in [1.29, 1.82) is 0 Å². The molecule has 0 aliphatic heterocycles. The van der Waals surface area contributed by atoms with Crippen molar-refractivity contribution in [3.63, 3.8) is 0 Å². The lowest BCUT2D eigenvalue weighted by Crippen LogP contribution is -2.12. The van der Waals surface area contributed by atoms with Crippen LogP contribution in [0, 0.1) is 6.92 Å². The number of nitrogens with one attached hydrogen (secondary N) is 1. The monoisotopic (exact) mass is 363 g/mol. The van der Waals surface area contributed by atoms with Gasteiger partial charge >= 0.3 is 0 Å². The number of pyridine rings is 1. The molecule has 1 aromatic carbocycles. The smallest absolute Gasteiger partial charge is 0.259 e. The van der Waals surface area contributed by atoms with Crippen LogP contribution in [-0.2, 0) is 0 Å². The van der Waals surface area contributed by atoms with E-state index in [4.69, 9.17) is 11.6 Å². The number of anilines is 1. The Balaban J connectivity index is 1.95. The Bertz CT molecular complexity index is 844. The zero-order valence-electron chi connectivity index (χ0n) is 11.1. The average molecular weight is 365 g/mol. The molecule has 1 amide bonds. The number of aryl methyl sites for hydroxylation is 1. The van der Waals surface area contributed by atoms with Crippen molar-refractivity contribution in [1.82, 2.24) is 9.61 Å². The topological polar surface area (TPSA) is 46.4 Å². The van der Waals surface area contributed by atoms with Gasteiger partial charge < -0.3 is 5.32 Å². The molecule has 2 aromatic heterocycles. The minimum atomic E-state index is -0.225. The third-order valence-electron chi connectivity index (χ3n) is 3.17. The molecule has 0 radical (unpaired) electrons. The number of nitrogens with zero attached hydrogens (tertiary/aromatic N) is 2. The molecule has 0 spiro atoms. The van der Waals surface area contributed by atoms with Crippen molar-refractivity contribution in [3.05, 3.63) is 63.3 Å². The molecule has 3 aromatic rings. The molecule has 4 nitrogen and oxygen atoms in total. The summed E-state index contributed by atoms with van der Waals surface area (Å²) < 4.78 is 2.45. The molecule has 1 N–H and O–H groups in total. The Kier molecular flexibility index (Phi) is 3.69. The summed E-state index contributed by atoms with van der Waals surface area (Å²) in [6.45, 7) is 1.91. The third kappa shape index (κ3) is 2.66. The number of amides is 1. The van der Waals surface area contributed by atoms with E-state index >= 15 is 0 Å². The molecular weight excluding hydrogens is 354 g/mol. The summed E-state index contributed by atoms with van der Waals surface area (Å²) in [5, 5.41) is 7.61. The molecule has 0 saturated carbocycles. The number of hydrogen-bond donors (Lipinski definition) is 1. The summed E-state index contributed by atoms with van der Waals surface area (Å²) in [7, 11) is 0. The number of rotatable bonds is 2. The number of hydrogen-bond acceptors (Lipinski definition) is 2. The van der Waals surface area contributed by atoms with Gasteiger partial charge in [-0.1, -0.05) is 17.7 Å². The molecule has 0 bridgehead atoms. The van der Waals surface area contributed by atoms with Crippen LogP contribution in [-0.4, -0.2) is 15.5 Å². The van der Waals surface area contributed by atoms with E-state index in [9.17, 15) is 4.79 Å². The first-order valence-corrected chi connectivity index (χ1v) is 7.43. The zero-order valence-corrected chi connectivity index (χ0v) is 13.4. The lowest BCUT2D eigenvalue weighted by atomic mass is 10.2. The van der Waals surface area contributed by atoms with E-state index in [2.05, 4.69) is 26.3 Å². The maximum absolute atomic E-state index is 12.4. The van der Waals surface area contributed by atoms with Crippen LogP contribution in [0.4, 0.5) is 5.69 Å². The summed E-state index contributed by atoms with van der Waals surface area (Å²) in [5.74, 6) is -0.225. The first kappa shape index (κ1) is 14.1. The van der Waals surface area contributed by atoms with Gasteiger partial charge in [-0.15, -0.1) is 0 Å². The Hall–Kier alpha value is -1.85. The van der Waals surface area contributed by atoms with Gasteiger partial charge in [-0.05, 0) is 52.7 Å². The summed E-state index contributed by atoms with van der Waals surface area (Å²) in [6, 6.07) is 9.17. The predicted molar refractivity (Wildman–Crippen MR) is 87.0 cm³/mol. The number of benzene rings is 1. The molecule has 0 saturated heterocycles. The second-order valence-electron chi connectivity index (χ2n) is 4.62. The van der Waals surface area contributed by atoms with E-state index in [-0.39, 0.29) is 5.91 Å². The lowest BCUT2D eigenvalue weighted by Gasteiger charge is -2.09. The quantitative estimate of drug-likeness (QED) is 0.736. The van der Waals surface area contributed by atoms with Crippen LogP contribution in [0.5, 0.6) is 0 Å². The van der Waals surface area contributed by atoms with E-state index in [1.807, 2.05) is 31.2 Å². The highest BCUT2D eigenvalue weighted by molar-refractivity contribution is 9.10. The highest BCUT2D eigenvalue weighted by Gasteiger charge is 2.14. The van der Waals surface area contributed by atoms with Crippen LogP contribution in [0.2, 0.25) is 5.02 Å². The van der Waals surface area contributed by atoms with Gasteiger partial charge in [-0.25, -0.2) is 4.52 Å². The molecule has 106 valence electrons. The fraction of sp³-hybridized carbons (Fsp3) is 0.0667. The molecule has 0 fully saturated rings. The number of halogens is 2. The van der Waals surface area contributed by atoms with Gasteiger partial charge in [0.15, 0.2) is 0 Å². The lowest BCUT2D eigenvalue weighted by molar-refractivity contribution is 0.102. The molecule has 0 unspecified atom stereocenters. The highest BCUT2D eigenvalue weighted by atomic mass is 79.9. The minimum Gasteiger partial charge on any atom is -0.321 e. The highest BCUT2D eigenvalue weighted by Crippen LogP contribution is 2.29. The summed E-state index contributed by atoms with van der Waals surface area (Å²) in [5.41, 5.74) is 2.84. The minimum absolute atomic E-state index is 0.225. The maximum atomic E-state index is 12.4. The van der Waals surface area contributed by atoms with Gasteiger partial charge in [-0.3, -0.25) is 4.79 Å². The molecule has 6 heteroatoms. The van der Waals surface area contributed by atoms with Crippen LogP contribution in [0.25, 0.3) is 5.52 Å². The van der Waals surface area contributed by atoms with E-state index in [0.29, 0.717) is 16.3 Å². The summed E-state index contributed by atoms with van der Waals surface area (Å²) in [4.78, 5) is 12.4. The summed E-state index contributed by atoms with van der Waals surface area (Å²) >= 11 is 9.53. The van der Waals surface area contributed by atoms with E-state index in [1.54, 1.807) is 23.0 Å². The van der Waals surface area contributed by atoms with Crippen LogP contribution in [0.1, 0.15) is 15.9 Å². The first-order valence-electron chi connectivity index (χ1n) is 6.25. The fourth-order valence-electron chi connectivity index (χ4n) is 2.04. The van der Waals surface area contributed by atoms with Crippen molar-refractivity contribution in [2.45, 2.75) is 6.92 Å². The molecule has 21 heavy (non-hydrogen) atoms. The second-order valence-corrected chi connectivity index (χ2v) is 5.89. The third-order valence-corrected chi connectivity index (χ3v) is 4.23. The fourth-order valence-corrected chi connectivity index (χ4v) is 2.76. The van der Waals surface area contributed by atoms with Gasteiger partial charge in [-0.2, -0.15) is 5.10 Å². The van der Waals surface area contributed by atoms with E-state index in [1.165, 1.54) is 0 Å². The standard InChI is InChI=1S/C15H11BrClN3O/c1-9-6-11(16)13(7-12(9)17)19-15(21)10-8-18-20-5-3-2-4-14(10)20/h2-8H,1H3,(H,19,21). The normalized spacial score (nSPS) is 10.8. The average Bonchev–Trinajstić information content (AvgIpc) is 2.88. The van der Waals surface area contributed by atoms with Crippen molar-refractivity contribution < 1.29 is 4.79 Å². The van der Waals surface area contributed by atoms with Crippen LogP contribution < -0.4 is 5.32 Å². The Morgan fingerprint density at radius 3 is 3.00 bits per heavy atom. The van der Waals surface area contributed by atoms with Gasteiger partial charge in [0.2, 0.25) is 0 Å². The number of carbonyl (C=O) groups excluding carboxylic acids is 1. The largest absolute Gasteiger partial charge is 0.321 e. The Labute approximate surface area is 134 Å². The second kappa shape index (κ2) is 5.50. The number of aromatic nitrogens is 2. The predicted octanol–water partition coefficient (Wildman–Crippen LogP) is 4.31. The molecule has 3 rings (SSSR count). The van der Waals surface area contributed by atoms with Crippen LogP contribution >= 0.6 is 27.5 Å². The van der Waals surface area contributed by atoms with E-state index in [0.717, 1.165) is 15.6 Å². The molecule has 0 aliphatic rings. The van der Waals surface area contributed by atoms with Gasteiger partial charge in [0, 0.05) is 15.7 Å². The molecular formula is C15H11BrClN3O. The number of fused-ring (bicyclic) bond motifs is 1. The maximum Gasteiger partial charge on any atom is 0.259 e. The van der Waals surface area contributed by atoms with Crippen LogP contribution in [0.15, 0.2) is 47.2 Å². The van der Waals surface area contributed by atoms with E-state index < -0.39 is 0 Å². The van der Waals surface area contributed by atoms with Crippen molar-refractivity contribution in [2.24, 2.45) is 0 Å². The van der Waals surface area contributed by atoms with Gasteiger partial charge in [0.25, 0.3) is 5.91 Å². The SMILES string of the molecule is Cc1cc(Br)c(NC(=O)c2cnn3ccccc23)cc1Cl. The van der Waals surface area contributed by atoms with Crippen LogP contribution in [0.3, 0.4) is 0 Å². The zero-order chi connectivity index (χ0) is 15.0. The van der Waals surface area contributed by atoms with Crippen molar-refractivity contribution in [3.8, 4) is 0 Å². The van der Waals surface area contributed by atoms with Crippen molar-refractivity contribution >= 4 is 44.6 Å². The van der Waals surface area contributed by atoms with Gasteiger partial charge in [0.05, 0.1) is 23.0 Å². The number of carbonyl (C=O) groups is 1. The molecule has 0 aliphatic carbocycles. The Morgan fingerprint density at radius 1 is 1.38 bits per heavy atom. The van der Waals surface area contributed by atoms with Gasteiger partial charge in [0.1, 0.15) is 0 Å². The van der Waals surface area contributed by atoms with Crippen molar-refractivity contribution in [2.75, 3.05) is 5.32 Å². The first-order chi connectivity index (χ1) is 10.1. The summed E-state index contributed by atoms with van der Waals surface area (Å²) in [6.07, 6.45) is 3.35.